The van der Waals surface area contributed by atoms with E-state index in [2.05, 4.69) is 41.6 Å². The van der Waals surface area contributed by atoms with Gasteiger partial charge in [-0.3, -0.25) is 4.99 Å². The Morgan fingerprint density at radius 2 is 1.96 bits per heavy atom. The lowest BCUT2D eigenvalue weighted by Crippen LogP contribution is -2.38. The molecule has 0 fully saturated rings. The van der Waals surface area contributed by atoms with Crippen LogP contribution in [0.3, 0.4) is 0 Å². The van der Waals surface area contributed by atoms with Crippen molar-refractivity contribution >= 4 is 29.9 Å². The van der Waals surface area contributed by atoms with Gasteiger partial charge >= 0.3 is 0 Å². The number of hydrogen-bond acceptors (Lipinski definition) is 3. The lowest BCUT2D eigenvalue weighted by Gasteiger charge is -2.11. The predicted octanol–water partition coefficient (Wildman–Crippen LogP) is 3.32. The van der Waals surface area contributed by atoms with Crippen LogP contribution in [0.15, 0.2) is 23.2 Å². The van der Waals surface area contributed by atoms with Gasteiger partial charge in [-0.15, -0.1) is 24.0 Å². The summed E-state index contributed by atoms with van der Waals surface area (Å²) in [6.07, 6.45) is 4.54. The molecule has 0 spiro atoms. The van der Waals surface area contributed by atoms with Crippen LogP contribution < -0.4 is 20.1 Å². The fourth-order valence-electron chi connectivity index (χ4n) is 2.32. The third kappa shape index (κ3) is 6.85. The molecule has 0 aromatic heterocycles. The summed E-state index contributed by atoms with van der Waals surface area (Å²) in [5.41, 5.74) is 1.23. The number of benzene rings is 1. The highest BCUT2D eigenvalue weighted by molar-refractivity contribution is 14.0. The fourth-order valence-corrected chi connectivity index (χ4v) is 2.32. The number of aliphatic imine (C=N–C) groups is 1. The SMILES string of the molecule is CCCCCN=C(NCC)NCCc1ccc2c(c1)OCO2.I. The second-order valence-corrected chi connectivity index (χ2v) is 5.33. The molecule has 0 bridgehead atoms. The van der Waals surface area contributed by atoms with Gasteiger partial charge in [-0.2, -0.15) is 0 Å². The number of fused-ring (bicyclic) bond motifs is 1. The molecule has 2 rings (SSSR count). The largest absolute Gasteiger partial charge is 0.454 e. The van der Waals surface area contributed by atoms with Crippen molar-refractivity contribution in [1.29, 1.82) is 0 Å². The minimum Gasteiger partial charge on any atom is -0.454 e. The molecule has 23 heavy (non-hydrogen) atoms. The van der Waals surface area contributed by atoms with Crippen molar-refractivity contribution in [1.82, 2.24) is 10.6 Å². The molecule has 1 aliphatic rings. The molecule has 0 amide bonds. The fraction of sp³-hybridized carbons (Fsp3) is 0.588. The lowest BCUT2D eigenvalue weighted by molar-refractivity contribution is 0.174. The van der Waals surface area contributed by atoms with E-state index in [4.69, 9.17) is 9.47 Å². The molecule has 5 nitrogen and oxygen atoms in total. The first-order valence-corrected chi connectivity index (χ1v) is 8.24. The third-order valence-electron chi connectivity index (χ3n) is 3.52. The van der Waals surface area contributed by atoms with Gasteiger partial charge in [0, 0.05) is 19.6 Å². The smallest absolute Gasteiger partial charge is 0.231 e. The molecule has 0 saturated heterocycles. The second-order valence-electron chi connectivity index (χ2n) is 5.33. The van der Waals surface area contributed by atoms with Crippen LogP contribution >= 0.6 is 24.0 Å². The topological polar surface area (TPSA) is 54.9 Å². The first-order valence-electron chi connectivity index (χ1n) is 8.24. The molecule has 1 aliphatic heterocycles. The third-order valence-corrected chi connectivity index (χ3v) is 3.52. The van der Waals surface area contributed by atoms with Gasteiger partial charge in [0.15, 0.2) is 17.5 Å². The second kappa shape index (κ2) is 11.4. The molecular weight excluding hydrogens is 405 g/mol. The van der Waals surface area contributed by atoms with Crippen LogP contribution in [0.25, 0.3) is 0 Å². The van der Waals surface area contributed by atoms with Gasteiger partial charge in [0.2, 0.25) is 6.79 Å². The summed E-state index contributed by atoms with van der Waals surface area (Å²) in [6.45, 7) is 7.22. The van der Waals surface area contributed by atoms with Gasteiger partial charge in [-0.25, -0.2) is 0 Å². The highest BCUT2D eigenvalue weighted by Crippen LogP contribution is 2.32. The van der Waals surface area contributed by atoms with Crippen LogP contribution in [0.4, 0.5) is 0 Å². The van der Waals surface area contributed by atoms with Crippen molar-refractivity contribution in [2.75, 3.05) is 26.4 Å². The summed E-state index contributed by atoms with van der Waals surface area (Å²) in [5, 5.41) is 6.66. The number of unbranched alkanes of at least 4 members (excludes halogenated alkanes) is 2. The Labute approximate surface area is 156 Å². The summed E-state index contributed by atoms with van der Waals surface area (Å²) >= 11 is 0. The molecule has 0 saturated carbocycles. The first-order chi connectivity index (χ1) is 10.8. The monoisotopic (exact) mass is 433 g/mol. The zero-order valence-electron chi connectivity index (χ0n) is 14.1. The Bertz CT molecular complexity index is 495. The number of nitrogens with one attached hydrogen (secondary N) is 2. The molecule has 1 aromatic carbocycles. The highest BCUT2D eigenvalue weighted by Gasteiger charge is 2.12. The summed E-state index contributed by atoms with van der Waals surface area (Å²) in [5.74, 6) is 2.58. The van der Waals surface area contributed by atoms with Crippen LogP contribution in [-0.2, 0) is 6.42 Å². The highest BCUT2D eigenvalue weighted by atomic mass is 127. The van der Waals surface area contributed by atoms with Gasteiger partial charge in [0.1, 0.15) is 0 Å². The standard InChI is InChI=1S/C17H27N3O2.HI/c1-3-5-6-10-19-17(18-4-2)20-11-9-14-7-8-15-16(12-14)22-13-21-15;/h7-8,12H,3-6,9-11,13H2,1-2H3,(H2,18,19,20);1H. The van der Waals surface area contributed by atoms with E-state index in [9.17, 15) is 0 Å². The summed E-state index contributed by atoms with van der Waals surface area (Å²) < 4.78 is 10.7. The van der Waals surface area contributed by atoms with E-state index >= 15 is 0 Å². The van der Waals surface area contributed by atoms with E-state index in [-0.39, 0.29) is 24.0 Å². The molecule has 1 aromatic rings. The average molecular weight is 433 g/mol. The van der Waals surface area contributed by atoms with Crippen LogP contribution in [0, 0.1) is 0 Å². The van der Waals surface area contributed by atoms with Crippen LogP contribution in [0.5, 0.6) is 11.5 Å². The Hall–Kier alpha value is -1.18. The number of halogens is 1. The van der Waals surface area contributed by atoms with E-state index in [0.29, 0.717) is 6.79 Å². The molecule has 1 heterocycles. The summed E-state index contributed by atoms with van der Waals surface area (Å²) in [6, 6.07) is 6.11. The first kappa shape index (κ1) is 19.9. The zero-order chi connectivity index (χ0) is 15.6. The predicted molar refractivity (Wildman–Crippen MR) is 105 cm³/mol. The van der Waals surface area contributed by atoms with Gasteiger partial charge in [-0.1, -0.05) is 25.8 Å². The number of guanidine groups is 1. The van der Waals surface area contributed by atoms with Crippen molar-refractivity contribution in [3.63, 3.8) is 0 Å². The molecule has 6 heteroatoms. The van der Waals surface area contributed by atoms with Crippen molar-refractivity contribution in [2.24, 2.45) is 4.99 Å². The van der Waals surface area contributed by atoms with Crippen molar-refractivity contribution in [3.8, 4) is 11.5 Å². The van der Waals surface area contributed by atoms with Gasteiger partial charge < -0.3 is 20.1 Å². The number of nitrogens with zero attached hydrogens (tertiary/aromatic N) is 1. The van der Waals surface area contributed by atoms with E-state index in [1.165, 1.54) is 18.4 Å². The van der Waals surface area contributed by atoms with Crippen molar-refractivity contribution in [2.45, 2.75) is 39.5 Å². The summed E-state index contributed by atoms with van der Waals surface area (Å²) in [4.78, 5) is 4.59. The van der Waals surface area contributed by atoms with Crippen LogP contribution in [0.2, 0.25) is 0 Å². The molecule has 130 valence electrons. The number of ether oxygens (including phenoxy) is 2. The van der Waals surface area contributed by atoms with E-state index in [1.807, 2.05) is 6.07 Å². The van der Waals surface area contributed by atoms with Crippen LogP contribution in [-0.4, -0.2) is 32.4 Å². The van der Waals surface area contributed by atoms with Gasteiger partial charge in [0.25, 0.3) is 0 Å². The van der Waals surface area contributed by atoms with E-state index in [0.717, 1.165) is 49.9 Å². The Morgan fingerprint density at radius 1 is 1.13 bits per heavy atom. The maximum absolute atomic E-state index is 5.40. The Morgan fingerprint density at radius 3 is 2.74 bits per heavy atom. The number of hydrogen-bond donors (Lipinski definition) is 2. The molecule has 0 aliphatic carbocycles. The van der Waals surface area contributed by atoms with E-state index < -0.39 is 0 Å². The van der Waals surface area contributed by atoms with Crippen molar-refractivity contribution < 1.29 is 9.47 Å². The normalized spacial score (nSPS) is 12.7. The van der Waals surface area contributed by atoms with Crippen molar-refractivity contribution in [3.05, 3.63) is 23.8 Å². The summed E-state index contributed by atoms with van der Waals surface area (Å²) in [7, 11) is 0. The maximum atomic E-state index is 5.40. The minimum absolute atomic E-state index is 0. The Kier molecular flexibility index (Phi) is 9.82. The molecule has 0 unspecified atom stereocenters. The lowest BCUT2D eigenvalue weighted by atomic mass is 10.1. The van der Waals surface area contributed by atoms with E-state index in [1.54, 1.807) is 0 Å². The van der Waals surface area contributed by atoms with Gasteiger partial charge in [0.05, 0.1) is 0 Å². The quantitative estimate of drug-likeness (QED) is 0.286. The maximum Gasteiger partial charge on any atom is 0.231 e. The molecule has 0 atom stereocenters. The van der Waals surface area contributed by atoms with Crippen LogP contribution in [0.1, 0.15) is 38.7 Å². The Balaban J connectivity index is 0.00000264. The molecular formula is C17H28IN3O2. The molecule has 2 N–H and O–H groups in total. The zero-order valence-corrected chi connectivity index (χ0v) is 16.4. The molecule has 0 radical (unpaired) electrons. The minimum atomic E-state index is 0. The van der Waals surface area contributed by atoms with Gasteiger partial charge in [-0.05, 0) is 37.5 Å². The average Bonchev–Trinajstić information content (AvgIpc) is 2.99. The number of rotatable bonds is 8.